The van der Waals surface area contributed by atoms with Crippen molar-refractivity contribution in [1.82, 2.24) is 0 Å². The molecule has 1 heterocycles. The molecule has 1 aliphatic heterocycles. The van der Waals surface area contributed by atoms with Crippen molar-refractivity contribution >= 4 is 17.4 Å². The van der Waals surface area contributed by atoms with E-state index in [2.05, 4.69) is 30.0 Å². The number of anilines is 1. The molecule has 3 N–H and O–H groups in total. The van der Waals surface area contributed by atoms with E-state index in [0.29, 0.717) is 18.4 Å². The van der Waals surface area contributed by atoms with E-state index in [1.54, 1.807) is 0 Å². The number of hydrogen-bond donors (Lipinski definition) is 2. The van der Waals surface area contributed by atoms with Crippen LogP contribution in [0.15, 0.2) is 23.1 Å². The number of hydrogen-bond acceptors (Lipinski definition) is 4. The lowest BCUT2D eigenvalue weighted by molar-refractivity contribution is 0.133. The minimum Gasteiger partial charge on any atom is -0.393 e. The van der Waals surface area contributed by atoms with E-state index >= 15 is 0 Å². The summed E-state index contributed by atoms with van der Waals surface area (Å²) >= 11 is 1.87. The Kier molecular flexibility index (Phi) is 4.24. The second kappa shape index (κ2) is 5.96. The summed E-state index contributed by atoms with van der Waals surface area (Å²) in [4.78, 5) is 3.75. The van der Waals surface area contributed by atoms with Crippen molar-refractivity contribution in [3.05, 3.63) is 23.8 Å². The smallest absolute Gasteiger partial charge is 0.0588 e. The van der Waals surface area contributed by atoms with Gasteiger partial charge in [-0.05, 0) is 36.6 Å². The number of nitrogens with two attached hydrogens (primary N) is 1. The van der Waals surface area contributed by atoms with Gasteiger partial charge in [-0.15, -0.1) is 11.8 Å². The maximum absolute atomic E-state index is 10.1. The Morgan fingerprint density at radius 2 is 2.20 bits per heavy atom. The molecule has 4 heteroatoms. The number of aliphatic hydroxyl groups is 1. The number of rotatable bonds is 4. The SMILES string of the molecule is CCSc1cccc(N2CC3CCC(O)C3C2)c1CN. The molecule has 3 atom stereocenters. The number of fused-ring (bicyclic) bond motifs is 1. The van der Waals surface area contributed by atoms with Crippen molar-refractivity contribution < 1.29 is 5.11 Å². The number of benzene rings is 1. The van der Waals surface area contributed by atoms with Crippen LogP contribution < -0.4 is 10.6 Å². The van der Waals surface area contributed by atoms with Gasteiger partial charge in [0.25, 0.3) is 0 Å². The Bertz CT molecular complexity index is 480. The predicted molar refractivity (Wildman–Crippen MR) is 85.2 cm³/mol. The van der Waals surface area contributed by atoms with Gasteiger partial charge in [-0.25, -0.2) is 0 Å². The maximum Gasteiger partial charge on any atom is 0.0588 e. The van der Waals surface area contributed by atoms with E-state index in [1.165, 1.54) is 22.6 Å². The molecular formula is C16H24N2OS. The quantitative estimate of drug-likeness (QED) is 0.837. The lowest BCUT2D eigenvalue weighted by Gasteiger charge is -2.24. The zero-order chi connectivity index (χ0) is 14.1. The van der Waals surface area contributed by atoms with E-state index in [-0.39, 0.29) is 6.10 Å². The van der Waals surface area contributed by atoms with Crippen LogP contribution in [0, 0.1) is 11.8 Å². The highest BCUT2D eigenvalue weighted by Crippen LogP contribution is 2.41. The summed E-state index contributed by atoms with van der Waals surface area (Å²) < 4.78 is 0. The van der Waals surface area contributed by atoms with Crippen molar-refractivity contribution in [3.63, 3.8) is 0 Å². The molecule has 1 aromatic rings. The van der Waals surface area contributed by atoms with E-state index in [0.717, 1.165) is 25.3 Å². The predicted octanol–water partition coefficient (Wildman–Crippen LogP) is 2.46. The van der Waals surface area contributed by atoms with E-state index in [4.69, 9.17) is 5.73 Å². The second-order valence-electron chi connectivity index (χ2n) is 5.86. The Hall–Kier alpha value is -0.710. The minimum absolute atomic E-state index is 0.0977. The molecule has 0 spiro atoms. The van der Waals surface area contributed by atoms with Crippen LogP contribution in [0.2, 0.25) is 0 Å². The van der Waals surface area contributed by atoms with Crippen molar-refractivity contribution in [1.29, 1.82) is 0 Å². The summed E-state index contributed by atoms with van der Waals surface area (Å²) in [6.07, 6.45) is 2.06. The third kappa shape index (κ3) is 2.45. The van der Waals surface area contributed by atoms with Gasteiger partial charge in [-0.3, -0.25) is 0 Å². The number of aliphatic hydroxyl groups excluding tert-OH is 1. The van der Waals surface area contributed by atoms with Crippen LogP contribution in [-0.4, -0.2) is 30.1 Å². The van der Waals surface area contributed by atoms with Crippen LogP contribution >= 0.6 is 11.8 Å². The highest BCUT2D eigenvalue weighted by molar-refractivity contribution is 7.99. The Morgan fingerprint density at radius 1 is 1.35 bits per heavy atom. The monoisotopic (exact) mass is 292 g/mol. The fourth-order valence-corrected chi connectivity index (χ4v) is 4.63. The molecule has 1 aromatic carbocycles. The molecule has 110 valence electrons. The first kappa shape index (κ1) is 14.2. The van der Waals surface area contributed by atoms with Crippen LogP contribution in [0.25, 0.3) is 0 Å². The molecule has 3 rings (SSSR count). The molecule has 0 bridgehead atoms. The highest BCUT2D eigenvalue weighted by Gasteiger charge is 2.42. The van der Waals surface area contributed by atoms with Gasteiger partial charge in [0.15, 0.2) is 0 Å². The first-order valence-electron chi connectivity index (χ1n) is 7.62. The number of thioether (sulfide) groups is 1. The zero-order valence-corrected chi connectivity index (χ0v) is 12.9. The molecule has 1 aliphatic carbocycles. The van der Waals surface area contributed by atoms with Crippen molar-refractivity contribution in [3.8, 4) is 0 Å². The first-order chi connectivity index (χ1) is 9.74. The average molecular weight is 292 g/mol. The first-order valence-corrected chi connectivity index (χ1v) is 8.61. The molecule has 2 fully saturated rings. The molecule has 3 nitrogen and oxygen atoms in total. The minimum atomic E-state index is -0.0977. The standard InChI is InChI=1S/C16H24N2OS/c1-2-20-16-5-3-4-14(12(16)8-17)18-9-11-6-7-15(19)13(11)10-18/h3-5,11,13,15,19H,2,6-10,17H2,1H3. The largest absolute Gasteiger partial charge is 0.393 e. The van der Waals surface area contributed by atoms with Crippen LogP contribution in [0.1, 0.15) is 25.3 Å². The van der Waals surface area contributed by atoms with Gasteiger partial charge in [0.05, 0.1) is 6.10 Å². The van der Waals surface area contributed by atoms with Gasteiger partial charge >= 0.3 is 0 Å². The lowest BCUT2D eigenvalue weighted by atomic mass is 10.00. The van der Waals surface area contributed by atoms with Crippen LogP contribution in [-0.2, 0) is 6.54 Å². The molecule has 1 saturated carbocycles. The molecule has 0 amide bonds. The lowest BCUT2D eigenvalue weighted by Crippen LogP contribution is -2.25. The third-order valence-electron chi connectivity index (χ3n) is 4.77. The van der Waals surface area contributed by atoms with E-state index in [1.807, 2.05) is 11.8 Å². The summed E-state index contributed by atoms with van der Waals surface area (Å²) in [5.74, 6) is 2.20. The molecule has 0 radical (unpaired) electrons. The Labute approximate surface area is 125 Å². The third-order valence-corrected chi connectivity index (χ3v) is 5.75. The molecular weight excluding hydrogens is 268 g/mol. The second-order valence-corrected chi connectivity index (χ2v) is 7.17. The molecule has 1 saturated heterocycles. The topological polar surface area (TPSA) is 49.5 Å². The summed E-state index contributed by atoms with van der Waals surface area (Å²) in [5, 5.41) is 10.1. The van der Waals surface area contributed by atoms with Crippen molar-refractivity contribution in [2.24, 2.45) is 17.6 Å². The van der Waals surface area contributed by atoms with Crippen molar-refractivity contribution in [2.75, 3.05) is 23.7 Å². The van der Waals surface area contributed by atoms with Crippen molar-refractivity contribution in [2.45, 2.75) is 37.3 Å². The van der Waals surface area contributed by atoms with Crippen LogP contribution in [0.5, 0.6) is 0 Å². The molecule has 2 aliphatic rings. The normalized spacial score (nSPS) is 28.9. The fourth-order valence-electron chi connectivity index (χ4n) is 3.78. The summed E-state index contributed by atoms with van der Waals surface area (Å²) in [6, 6.07) is 6.50. The molecule has 20 heavy (non-hydrogen) atoms. The molecule has 3 unspecified atom stereocenters. The maximum atomic E-state index is 10.1. The summed E-state index contributed by atoms with van der Waals surface area (Å²) in [7, 11) is 0. The van der Waals surface area contributed by atoms with E-state index < -0.39 is 0 Å². The van der Waals surface area contributed by atoms with Gasteiger partial charge in [-0.2, -0.15) is 0 Å². The Morgan fingerprint density at radius 3 is 2.90 bits per heavy atom. The zero-order valence-electron chi connectivity index (χ0n) is 12.1. The Balaban J connectivity index is 1.86. The van der Waals surface area contributed by atoms with Gasteiger partial charge < -0.3 is 15.7 Å². The van der Waals surface area contributed by atoms with Gasteiger partial charge in [0.1, 0.15) is 0 Å². The van der Waals surface area contributed by atoms with E-state index in [9.17, 15) is 5.11 Å². The highest BCUT2D eigenvalue weighted by atomic mass is 32.2. The summed E-state index contributed by atoms with van der Waals surface area (Å²) in [6.45, 7) is 4.83. The van der Waals surface area contributed by atoms with Crippen LogP contribution in [0.3, 0.4) is 0 Å². The number of nitrogens with zero attached hydrogens (tertiary/aromatic N) is 1. The van der Waals surface area contributed by atoms with Gasteiger partial charge in [0, 0.05) is 41.7 Å². The van der Waals surface area contributed by atoms with Gasteiger partial charge in [-0.1, -0.05) is 13.0 Å². The fraction of sp³-hybridized carbons (Fsp3) is 0.625. The average Bonchev–Trinajstić information content (AvgIpc) is 3.01. The summed E-state index contributed by atoms with van der Waals surface area (Å²) in [5.41, 5.74) is 8.56. The molecule has 0 aromatic heterocycles. The van der Waals surface area contributed by atoms with Crippen LogP contribution in [0.4, 0.5) is 5.69 Å². The van der Waals surface area contributed by atoms with Gasteiger partial charge in [0.2, 0.25) is 0 Å².